The summed E-state index contributed by atoms with van der Waals surface area (Å²) in [4.78, 5) is 29.2. The van der Waals surface area contributed by atoms with E-state index in [4.69, 9.17) is 16.3 Å². The first-order chi connectivity index (χ1) is 14.8. The minimum atomic E-state index is -1.32. The number of aromatic carboxylic acids is 1. The monoisotopic (exact) mass is 444 g/mol. The molecule has 1 aromatic carbocycles. The highest BCUT2D eigenvalue weighted by Gasteiger charge is 2.23. The number of halogens is 1. The van der Waals surface area contributed by atoms with Gasteiger partial charge in [-0.05, 0) is 42.5 Å². The highest BCUT2D eigenvalue weighted by molar-refractivity contribution is 6.30. The van der Waals surface area contributed by atoms with E-state index in [0.29, 0.717) is 29.3 Å². The largest absolute Gasteiger partial charge is 0.481 e. The summed E-state index contributed by atoms with van der Waals surface area (Å²) in [6.45, 7) is 3.58. The van der Waals surface area contributed by atoms with E-state index >= 15 is 0 Å². The van der Waals surface area contributed by atoms with Gasteiger partial charge in [0.2, 0.25) is 11.3 Å². The van der Waals surface area contributed by atoms with Gasteiger partial charge in [0, 0.05) is 16.8 Å². The number of rotatable bonds is 8. The topological polar surface area (TPSA) is 102 Å². The fraction of sp³-hybridized carbons (Fsp3) is 0.348. The predicted molar refractivity (Wildman–Crippen MR) is 119 cm³/mol. The Morgan fingerprint density at radius 3 is 2.58 bits per heavy atom. The number of carboxylic acid groups (broad SMARTS) is 1. The number of hydrogen-bond donors (Lipinski definition) is 2. The van der Waals surface area contributed by atoms with Gasteiger partial charge >= 0.3 is 5.97 Å². The number of aliphatic hydroxyl groups excluding tert-OH is 1. The number of pyridine rings is 2. The van der Waals surface area contributed by atoms with Crippen molar-refractivity contribution in [2.45, 2.75) is 32.7 Å². The molecule has 164 valence electrons. The van der Waals surface area contributed by atoms with Crippen LogP contribution in [0.3, 0.4) is 0 Å². The number of carbonyl (C=O) groups is 1. The molecule has 0 aliphatic carbocycles. The lowest BCUT2D eigenvalue weighted by Crippen LogP contribution is -2.26. The second kappa shape index (κ2) is 9.49. The molecule has 3 rings (SSSR count). The van der Waals surface area contributed by atoms with Crippen LogP contribution in [0, 0.1) is 5.92 Å². The molecule has 0 bridgehead atoms. The summed E-state index contributed by atoms with van der Waals surface area (Å²) in [6, 6.07) is 8.68. The summed E-state index contributed by atoms with van der Waals surface area (Å²) >= 11 is 6.06. The Morgan fingerprint density at radius 1 is 1.26 bits per heavy atom. The van der Waals surface area contributed by atoms with Gasteiger partial charge in [-0.3, -0.25) is 4.79 Å². The summed E-state index contributed by atoms with van der Waals surface area (Å²) in [6.07, 6.45) is 2.42. The maximum Gasteiger partial charge on any atom is 0.341 e. The van der Waals surface area contributed by atoms with Crippen molar-refractivity contribution in [3.8, 4) is 5.88 Å². The lowest BCUT2D eigenvalue weighted by atomic mass is 10.0. The SMILES string of the molecule is COc1nc2c(cc1CCc1cccc(Cl)c1)c(=O)c(C(=O)O)cn2[C@H](CO)C(C)C. The van der Waals surface area contributed by atoms with E-state index in [9.17, 15) is 19.8 Å². The zero-order valence-electron chi connectivity index (χ0n) is 17.6. The van der Waals surface area contributed by atoms with Crippen LogP contribution >= 0.6 is 11.6 Å². The number of aromatic nitrogens is 2. The van der Waals surface area contributed by atoms with Crippen molar-refractivity contribution in [2.75, 3.05) is 13.7 Å². The van der Waals surface area contributed by atoms with E-state index in [1.807, 2.05) is 32.0 Å². The van der Waals surface area contributed by atoms with E-state index in [0.717, 1.165) is 5.56 Å². The van der Waals surface area contributed by atoms with Crippen LogP contribution in [0.1, 0.15) is 41.4 Å². The Bertz CT molecular complexity index is 1170. The van der Waals surface area contributed by atoms with Crippen molar-refractivity contribution in [2.24, 2.45) is 5.92 Å². The van der Waals surface area contributed by atoms with Gasteiger partial charge in [-0.15, -0.1) is 0 Å². The molecule has 31 heavy (non-hydrogen) atoms. The Morgan fingerprint density at radius 2 is 2.00 bits per heavy atom. The van der Waals surface area contributed by atoms with Crippen molar-refractivity contribution >= 4 is 28.6 Å². The molecular formula is C23H25ClN2O5. The van der Waals surface area contributed by atoms with Gasteiger partial charge in [0.15, 0.2) is 0 Å². The van der Waals surface area contributed by atoms with Gasteiger partial charge in [0.05, 0.1) is 25.1 Å². The molecule has 0 saturated carbocycles. The molecule has 3 aromatic rings. The molecular weight excluding hydrogens is 420 g/mol. The van der Waals surface area contributed by atoms with Gasteiger partial charge in [0.25, 0.3) is 0 Å². The highest BCUT2D eigenvalue weighted by Crippen LogP contribution is 2.27. The molecule has 0 saturated heterocycles. The van der Waals surface area contributed by atoms with Crippen molar-refractivity contribution < 1.29 is 19.7 Å². The van der Waals surface area contributed by atoms with E-state index in [1.54, 1.807) is 16.7 Å². The Kier molecular flexibility index (Phi) is 6.97. The molecule has 0 spiro atoms. The number of nitrogens with zero attached hydrogens (tertiary/aromatic N) is 2. The molecule has 2 heterocycles. The average Bonchev–Trinajstić information content (AvgIpc) is 2.73. The third kappa shape index (κ3) is 4.73. The van der Waals surface area contributed by atoms with Gasteiger partial charge in [0.1, 0.15) is 11.2 Å². The molecule has 0 aliphatic rings. The van der Waals surface area contributed by atoms with E-state index in [2.05, 4.69) is 4.98 Å². The van der Waals surface area contributed by atoms with Crippen LogP contribution in [0.4, 0.5) is 0 Å². The Balaban J connectivity index is 2.18. The number of carboxylic acids is 1. The van der Waals surface area contributed by atoms with Crippen molar-refractivity contribution in [1.29, 1.82) is 0 Å². The molecule has 0 amide bonds. The molecule has 0 radical (unpaired) electrons. The first kappa shape index (κ1) is 22.8. The number of fused-ring (bicyclic) bond motifs is 1. The molecule has 0 fully saturated rings. The quantitative estimate of drug-likeness (QED) is 0.549. The summed E-state index contributed by atoms with van der Waals surface area (Å²) in [5, 5.41) is 20.3. The number of methoxy groups -OCH3 is 1. The van der Waals surface area contributed by atoms with Gasteiger partial charge in [-0.2, -0.15) is 4.98 Å². The standard InChI is InChI=1S/C23H25ClN2O5/c1-13(2)19(12-27)26-11-18(23(29)30)20(28)17-10-15(22(31-3)25-21(17)26)8-7-14-5-4-6-16(24)9-14/h4-6,9-11,13,19,27H,7-8,12H2,1-3H3,(H,29,30)/t19-/m1/s1. The van der Waals surface area contributed by atoms with Crippen LogP contribution in [0.5, 0.6) is 5.88 Å². The minimum absolute atomic E-state index is 0.0207. The number of aryl methyl sites for hydroxylation is 2. The van der Waals surface area contributed by atoms with Crippen molar-refractivity contribution in [3.05, 3.63) is 68.5 Å². The molecule has 2 N–H and O–H groups in total. The van der Waals surface area contributed by atoms with Crippen molar-refractivity contribution in [3.63, 3.8) is 0 Å². The maximum atomic E-state index is 12.9. The molecule has 1 atom stereocenters. The number of hydrogen-bond acceptors (Lipinski definition) is 5. The molecule has 7 nitrogen and oxygen atoms in total. The molecule has 2 aromatic heterocycles. The maximum absolute atomic E-state index is 12.9. The Hall–Kier alpha value is -2.90. The van der Waals surface area contributed by atoms with Gasteiger partial charge in [-0.25, -0.2) is 4.79 Å². The van der Waals surface area contributed by atoms with E-state index in [1.165, 1.54) is 13.3 Å². The highest BCUT2D eigenvalue weighted by atomic mass is 35.5. The first-order valence-corrected chi connectivity index (χ1v) is 10.4. The third-order valence-electron chi connectivity index (χ3n) is 5.35. The minimum Gasteiger partial charge on any atom is -0.481 e. The Labute approximate surface area is 184 Å². The first-order valence-electron chi connectivity index (χ1n) is 9.98. The summed E-state index contributed by atoms with van der Waals surface area (Å²) in [5.74, 6) is -0.990. The number of ether oxygens (including phenoxy) is 1. The number of aliphatic hydroxyl groups is 1. The lowest BCUT2D eigenvalue weighted by Gasteiger charge is -2.24. The average molecular weight is 445 g/mol. The predicted octanol–water partition coefficient (Wildman–Crippen LogP) is 3.73. The van der Waals surface area contributed by atoms with Crippen LogP contribution in [-0.2, 0) is 12.8 Å². The summed E-state index contributed by atoms with van der Waals surface area (Å²) in [5.41, 5.74) is 1.02. The van der Waals surface area contributed by atoms with Crippen LogP contribution < -0.4 is 10.2 Å². The van der Waals surface area contributed by atoms with Crippen molar-refractivity contribution in [1.82, 2.24) is 9.55 Å². The second-order valence-corrected chi connectivity index (χ2v) is 8.17. The zero-order chi connectivity index (χ0) is 22.7. The zero-order valence-corrected chi connectivity index (χ0v) is 18.4. The van der Waals surface area contributed by atoms with Crippen LogP contribution in [0.25, 0.3) is 11.0 Å². The van der Waals surface area contributed by atoms with Gasteiger partial charge in [-0.1, -0.05) is 37.6 Å². The lowest BCUT2D eigenvalue weighted by molar-refractivity contribution is 0.0694. The second-order valence-electron chi connectivity index (χ2n) is 7.74. The smallest absolute Gasteiger partial charge is 0.341 e. The molecule has 8 heteroatoms. The third-order valence-corrected chi connectivity index (χ3v) is 5.59. The fourth-order valence-electron chi connectivity index (χ4n) is 3.65. The van der Waals surface area contributed by atoms with Gasteiger partial charge < -0.3 is 19.5 Å². The summed E-state index contributed by atoms with van der Waals surface area (Å²) < 4.78 is 7.04. The van der Waals surface area contributed by atoms with Crippen LogP contribution in [-0.4, -0.2) is 39.5 Å². The van der Waals surface area contributed by atoms with E-state index < -0.39 is 17.4 Å². The van der Waals surface area contributed by atoms with E-state index in [-0.39, 0.29) is 29.1 Å². The van der Waals surface area contributed by atoms with Crippen LogP contribution in [0.15, 0.2) is 41.3 Å². The summed E-state index contributed by atoms with van der Waals surface area (Å²) in [7, 11) is 1.50. The normalized spacial score (nSPS) is 12.3. The number of benzene rings is 1. The molecule has 0 unspecified atom stereocenters. The fourth-order valence-corrected chi connectivity index (χ4v) is 3.86. The van der Waals surface area contributed by atoms with Crippen LogP contribution in [0.2, 0.25) is 5.02 Å². The molecule has 0 aliphatic heterocycles.